The Morgan fingerprint density at radius 1 is 1.37 bits per heavy atom. The van der Waals surface area contributed by atoms with Crippen LogP contribution in [0.2, 0.25) is 0 Å². The molecule has 1 atom stereocenters. The molecule has 0 aromatic heterocycles. The lowest BCUT2D eigenvalue weighted by Gasteiger charge is -2.31. The molecule has 0 saturated carbocycles. The minimum absolute atomic E-state index is 0.135. The maximum Gasteiger partial charge on any atom is 0.387 e. The maximum atomic E-state index is 12.4. The zero-order valence-electron chi connectivity index (χ0n) is 10.9. The lowest BCUT2D eigenvalue weighted by molar-refractivity contribution is -0.0509. The minimum atomic E-state index is -2.84. The molecular weight excluding hydrogens is 252 g/mol. The first-order valence-corrected chi connectivity index (χ1v) is 6.12. The number of benzene rings is 1. The normalized spacial score (nSPS) is 19.2. The molecule has 1 aromatic rings. The third-order valence-electron chi connectivity index (χ3n) is 3.08. The Hall–Kier alpha value is -1.85. The van der Waals surface area contributed by atoms with Crippen LogP contribution in [-0.4, -0.2) is 30.1 Å². The van der Waals surface area contributed by atoms with Gasteiger partial charge in [-0.15, -0.1) is 0 Å². The Morgan fingerprint density at radius 2 is 2.05 bits per heavy atom. The third kappa shape index (κ3) is 2.77. The largest absolute Gasteiger partial charge is 0.434 e. The van der Waals surface area contributed by atoms with Gasteiger partial charge in [0.15, 0.2) is 5.96 Å². The van der Waals surface area contributed by atoms with E-state index in [9.17, 15) is 8.78 Å². The van der Waals surface area contributed by atoms with Crippen LogP contribution < -0.4 is 10.5 Å². The van der Waals surface area contributed by atoms with Gasteiger partial charge in [-0.1, -0.05) is 18.2 Å². The fourth-order valence-electron chi connectivity index (χ4n) is 2.34. The van der Waals surface area contributed by atoms with Crippen LogP contribution in [0.15, 0.2) is 29.3 Å². The number of nitrogens with two attached hydrogens (primary N) is 1. The molecule has 104 valence electrons. The average molecular weight is 269 g/mol. The summed E-state index contributed by atoms with van der Waals surface area (Å²) in [4.78, 5) is 6.10. The second kappa shape index (κ2) is 5.42. The molecule has 2 rings (SSSR count). The molecule has 0 radical (unpaired) electrons. The molecule has 1 aliphatic rings. The number of guanidine groups is 1. The number of nitrogens with zero attached hydrogens (tertiary/aromatic N) is 2. The van der Waals surface area contributed by atoms with Crippen molar-refractivity contribution in [1.82, 2.24) is 4.90 Å². The quantitative estimate of drug-likeness (QED) is 0.913. The van der Waals surface area contributed by atoms with Gasteiger partial charge in [0.1, 0.15) is 5.75 Å². The lowest BCUT2D eigenvalue weighted by atomic mass is 10.0. The monoisotopic (exact) mass is 269 g/mol. The van der Waals surface area contributed by atoms with E-state index in [-0.39, 0.29) is 17.8 Å². The van der Waals surface area contributed by atoms with Gasteiger partial charge in [0.05, 0.1) is 12.6 Å². The van der Waals surface area contributed by atoms with E-state index in [1.165, 1.54) is 6.07 Å². The Labute approximate surface area is 110 Å². The number of para-hydroxylation sites is 1. The second-order valence-corrected chi connectivity index (χ2v) is 4.63. The molecule has 1 heterocycles. The van der Waals surface area contributed by atoms with Crippen molar-refractivity contribution in [3.8, 4) is 5.75 Å². The summed E-state index contributed by atoms with van der Waals surface area (Å²) in [5.74, 6) is 0.616. The number of hydrogen-bond donors (Lipinski definition) is 1. The highest BCUT2D eigenvalue weighted by molar-refractivity contribution is 5.80. The molecular formula is C13H17F2N3O. The zero-order chi connectivity index (χ0) is 14.0. The molecule has 2 N–H and O–H groups in total. The van der Waals surface area contributed by atoms with E-state index in [0.717, 1.165) is 0 Å². The number of hydrogen-bond acceptors (Lipinski definition) is 4. The van der Waals surface area contributed by atoms with Gasteiger partial charge in [0.25, 0.3) is 0 Å². The highest BCUT2D eigenvalue weighted by Gasteiger charge is 2.31. The fourth-order valence-corrected chi connectivity index (χ4v) is 2.34. The van der Waals surface area contributed by atoms with Crippen molar-refractivity contribution >= 4 is 5.96 Å². The van der Waals surface area contributed by atoms with E-state index in [1.807, 2.05) is 18.7 Å². The first kappa shape index (κ1) is 13.6. The standard InChI is InChI=1S/C13H17F2N3O/c1-8(2)18-10(7-17-13(18)16)9-5-3-4-6-11(9)19-12(14)15/h3-6,8,10,12H,7H2,1-2H3,(H2,16,17). The summed E-state index contributed by atoms with van der Waals surface area (Å²) < 4.78 is 29.4. The molecule has 0 spiro atoms. The van der Waals surface area contributed by atoms with Gasteiger partial charge in [-0.3, -0.25) is 4.99 Å². The van der Waals surface area contributed by atoms with Crippen molar-refractivity contribution in [2.45, 2.75) is 32.5 Å². The van der Waals surface area contributed by atoms with Crippen molar-refractivity contribution in [1.29, 1.82) is 0 Å². The van der Waals surface area contributed by atoms with Crippen molar-refractivity contribution in [3.05, 3.63) is 29.8 Å². The van der Waals surface area contributed by atoms with Gasteiger partial charge in [-0.05, 0) is 19.9 Å². The van der Waals surface area contributed by atoms with Gasteiger partial charge in [-0.25, -0.2) is 0 Å². The molecule has 0 saturated heterocycles. The zero-order valence-corrected chi connectivity index (χ0v) is 10.9. The summed E-state index contributed by atoms with van der Waals surface area (Å²) in [6, 6.07) is 6.74. The second-order valence-electron chi connectivity index (χ2n) is 4.63. The van der Waals surface area contributed by atoms with E-state index in [4.69, 9.17) is 5.73 Å². The van der Waals surface area contributed by atoms with Crippen LogP contribution in [0.3, 0.4) is 0 Å². The van der Waals surface area contributed by atoms with Crippen LogP contribution in [0.4, 0.5) is 8.78 Å². The molecule has 1 aliphatic heterocycles. The van der Waals surface area contributed by atoms with E-state index < -0.39 is 6.61 Å². The summed E-state index contributed by atoms with van der Waals surface area (Å²) in [6.45, 7) is 1.58. The van der Waals surface area contributed by atoms with Gasteiger partial charge in [-0.2, -0.15) is 8.78 Å². The van der Waals surface area contributed by atoms with Gasteiger partial charge in [0.2, 0.25) is 0 Å². The van der Waals surface area contributed by atoms with Gasteiger partial charge >= 0.3 is 6.61 Å². The smallest absolute Gasteiger partial charge is 0.387 e. The number of aliphatic imine (C=N–C) groups is 1. The Kier molecular flexibility index (Phi) is 3.87. The SMILES string of the molecule is CC(C)N1C(N)=NCC1c1ccccc1OC(F)F. The molecule has 0 fully saturated rings. The van der Waals surface area contributed by atoms with E-state index >= 15 is 0 Å². The number of halogens is 2. The molecule has 6 heteroatoms. The first-order valence-electron chi connectivity index (χ1n) is 6.12. The van der Waals surface area contributed by atoms with Crippen molar-refractivity contribution in [2.24, 2.45) is 10.7 Å². The highest BCUT2D eigenvalue weighted by atomic mass is 19.3. The van der Waals surface area contributed by atoms with Crippen LogP contribution >= 0.6 is 0 Å². The van der Waals surface area contributed by atoms with Crippen LogP contribution in [0.25, 0.3) is 0 Å². The van der Waals surface area contributed by atoms with E-state index in [1.54, 1.807) is 18.2 Å². The molecule has 1 unspecified atom stereocenters. The predicted molar refractivity (Wildman–Crippen MR) is 69.3 cm³/mol. The van der Waals surface area contributed by atoms with Gasteiger partial charge < -0.3 is 15.4 Å². The minimum Gasteiger partial charge on any atom is -0.434 e. The Morgan fingerprint density at radius 3 is 2.68 bits per heavy atom. The topological polar surface area (TPSA) is 50.8 Å². The molecule has 1 aromatic carbocycles. The first-order chi connectivity index (χ1) is 9.00. The summed E-state index contributed by atoms with van der Waals surface area (Å²) >= 11 is 0. The van der Waals surface area contributed by atoms with Crippen molar-refractivity contribution in [3.63, 3.8) is 0 Å². The third-order valence-corrected chi connectivity index (χ3v) is 3.08. The predicted octanol–water partition coefficient (Wildman–Crippen LogP) is 2.37. The summed E-state index contributed by atoms with van der Waals surface area (Å²) in [6.07, 6.45) is 0. The molecule has 19 heavy (non-hydrogen) atoms. The van der Waals surface area contributed by atoms with Gasteiger partial charge in [0, 0.05) is 11.6 Å². The van der Waals surface area contributed by atoms with Crippen LogP contribution in [0, 0.1) is 0 Å². The van der Waals surface area contributed by atoms with Crippen LogP contribution in [-0.2, 0) is 0 Å². The van der Waals surface area contributed by atoms with Crippen molar-refractivity contribution in [2.75, 3.05) is 6.54 Å². The number of alkyl halides is 2. The molecule has 0 aliphatic carbocycles. The van der Waals surface area contributed by atoms with Crippen molar-refractivity contribution < 1.29 is 13.5 Å². The molecule has 0 amide bonds. The van der Waals surface area contributed by atoms with E-state index in [0.29, 0.717) is 18.1 Å². The fraction of sp³-hybridized carbons (Fsp3) is 0.462. The summed E-state index contributed by atoms with van der Waals surface area (Å²) in [7, 11) is 0. The summed E-state index contributed by atoms with van der Waals surface area (Å²) in [5.41, 5.74) is 6.53. The number of ether oxygens (including phenoxy) is 1. The maximum absolute atomic E-state index is 12.4. The molecule has 4 nitrogen and oxygen atoms in total. The lowest BCUT2D eigenvalue weighted by Crippen LogP contribution is -2.41. The highest BCUT2D eigenvalue weighted by Crippen LogP contribution is 2.34. The van der Waals surface area contributed by atoms with E-state index in [2.05, 4.69) is 9.73 Å². The van der Waals surface area contributed by atoms with Crippen LogP contribution in [0.5, 0.6) is 5.75 Å². The Bertz CT molecular complexity index is 477. The van der Waals surface area contributed by atoms with Crippen LogP contribution in [0.1, 0.15) is 25.5 Å². The molecule has 0 bridgehead atoms. The average Bonchev–Trinajstić information content (AvgIpc) is 2.71. The number of rotatable bonds is 4. The Balaban J connectivity index is 2.32. The summed E-state index contributed by atoms with van der Waals surface area (Å²) in [5, 5.41) is 0.